The van der Waals surface area contributed by atoms with E-state index >= 15 is 0 Å². The molecule has 0 unspecified atom stereocenters. The van der Waals surface area contributed by atoms with Crippen molar-refractivity contribution in [1.29, 1.82) is 0 Å². The van der Waals surface area contributed by atoms with Gasteiger partial charge in [0, 0.05) is 32.7 Å². The minimum absolute atomic E-state index is 0.0101. The summed E-state index contributed by atoms with van der Waals surface area (Å²) in [7, 11) is 0. The third-order valence-corrected chi connectivity index (χ3v) is 4.77. The predicted octanol–water partition coefficient (Wildman–Crippen LogP) is 0.0824. The van der Waals surface area contributed by atoms with Crippen molar-refractivity contribution in [3.8, 4) is 5.75 Å². The molecule has 27 heavy (non-hydrogen) atoms. The normalized spacial score (nSPS) is 17.3. The van der Waals surface area contributed by atoms with Crippen molar-refractivity contribution >= 4 is 23.4 Å². The minimum Gasteiger partial charge on any atom is -0.482 e. The third kappa shape index (κ3) is 4.77. The predicted molar refractivity (Wildman–Crippen MR) is 101 cm³/mol. The van der Waals surface area contributed by atoms with Gasteiger partial charge in [0.25, 0.3) is 5.91 Å². The Morgan fingerprint density at radius 2 is 1.85 bits per heavy atom. The van der Waals surface area contributed by atoms with Crippen LogP contribution in [0.4, 0.5) is 5.69 Å². The SMILES string of the molecule is CCCNC(=O)CN1CCN(C(=O)CN2C(=O)COc3ccccc32)CC1. The molecule has 2 aliphatic heterocycles. The summed E-state index contributed by atoms with van der Waals surface area (Å²) in [5, 5.41) is 2.86. The van der Waals surface area contributed by atoms with Crippen molar-refractivity contribution in [2.75, 3.05) is 57.3 Å². The maximum atomic E-state index is 12.7. The first-order valence-corrected chi connectivity index (χ1v) is 9.37. The summed E-state index contributed by atoms with van der Waals surface area (Å²) in [5.41, 5.74) is 0.633. The topological polar surface area (TPSA) is 82.2 Å². The lowest BCUT2D eigenvalue weighted by atomic mass is 10.2. The molecule has 8 nitrogen and oxygen atoms in total. The van der Waals surface area contributed by atoms with E-state index < -0.39 is 0 Å². The molecule has 1 N–H and O–H groups in total. The number of para-hydroxylation sites is 2. The number of anilines is 1. The molecule has 8 heteroatoms. The Kier molecular flexibility index (Phi) is 6.28. The monoisotopic (exact) mass is 374 g/mol. The number of ether oxygens (including phenoxy) is 1. The molecule has 0 saturated carbocycles. The molecule has 2 heterocycles. The number of piperazine rings is 1. The van der Waals surface area contributed by atoms with Crippen molar-refractivity contribution in [3.05, 3.63) is 24.3 Å². The number of nitrogens with one attached hydrogen (secondary N) is 1. The number of amides is 3. The van der Waals surface area contributed by atoms with Crippen LogP contribution in [-0.2, 0) is 14.4 Å². The molecule has 1 fully saturated rings. The summed E-state index contributed by atoms with van der Waals surface area (Å²) in [6, 6.07) is 7.24. The van der Waals surface area contributed by atoms with Crippen molar-refractivity contribution in [2.24, 2.45) is 0 Å². The lowest BCUT2D eigenvalue weighted by Gasteiger charge is -2.36. The average molecular weight is 374 g/mol. The Balaban J connectivity index is 1.51. The molecule has 0 atom stereocenters. The van der Waals surface area contributed by atoms with Crippen molar-refractivity contribution in [1.82, 2.24) is 15.1 Å². The summed E-state index contributed by atoms with van der Waals surface area (Å²) in [5.74, 6) is 0.336. The van der Waals surface area contributed by atoms with Crippen LogP contribution in [-0.4, -0.2) is 79.9 Å². The standard InChI is InChI=1S/C19H26N4O4/c1-2-7-20-17(24)12-21-8-10-22(11-9-21)18(25)13-23-15-5-3-4-6-16(15)27-14-19(23)26/h3-6H,2,7-14H2,1H3,(H,20,24). The Hall–Kier alpha value is -2.61. The summed E-state index contributed by atoms with van der Waals surface area (Å²) in [6.45, 7) is 5.44. The maximum Gasteiger partial charge on any atom is 0.265 e. The molecule has 0 radical (unpaired) electrons. The van der Waals surface area contributed by atoms with E-state index in [4.69, 9.17) is 4.74 Å². The fourth-order valence-electron chi connectivity index (χ4n) is 3.24. The molecule has 2 aliphatic rings. The molecule has 0 spiro atoms. The van der Waals surface area contributed by atoms with Gasteiger partial charge in [-0.25, -0.2) is 0 Å². The van der Waals surface area contributed by atoms with Gasteiger partial charge in [0.05, 0.1) is 12.2 Å². The van der Waals surface area contributed by atoms with Crippen LogP contribution in [0, 0.1) is 0 Å². The number of rotatable bonds is 6. The van der Waals surface area contributed by atoms with Crippen LogP contribution in [0.25, 0.3) is 0 Å². The van der Waals surface area contributed by atoms with Gasteiger partial charge in [-0.2, -0.15) is 0 Å². The quantitative estimate of drug-likeness (QED) is 0.763. The minimum atomic E-state index is -0.215. The summed E-state index contributed by atoms with van der Waals surface area (Å²) >= 11 is 0. The molecule has 3 rings (SSSR count). The van der Waals surface area contributed by atoms with E-state index in [2.05, 4.69) is 5.32 Å². The van der Waals surface area contributed by atoms with Gasteiger partial charge in [0.15, 0.2) is 6.61 Å². The second-order valence-corrected chi connectivity index (χ2v) is 6.74. The zero-order valence-corrected chi connectivity index (χ0v) is 15.6. The van der Waals surface area contributed by atoms with Gasteiger partial charge in [-0.15, -0.1) is 0 Å². The summed E-state index contributed by atoms with van der Waals surface area (Å²) in [4.78, 5) is 42.0. The number of carbonyl (C=O) groups is 3. The van der Waals surface area contributed by atoms with Crippen LogP contribution in [0.5, 0.6) is 5.75 Å². The third-order valence-electron chi connectivity index (χ3n) is 4.77. The maximum absolute atomic E-state index is 12.7. The summed E-state index contributed by atoms with van der Waals surface area (Å²) < 4.78 is 5.41. The van der Waals surface area contributed by atoms with Crippen LogP contribution in [0.15, 0.2) is 24.3 Å². The molecular formula is C19H26N4O4. The van der Waals surface area contributed by atoms with Crippen LogP contribution in [0.3, 0.4) is 0 Å². The molecular weight excluding hydrogens is 348 g/mol. The Labute approximate surface area is 159 Å². The van der Waals surface area contributed by atoms with Crippen LogP contribution in [0.1, 0.15) is 13.3 Å². The Morgan fingerprint density at radius 1 is 1.11 bits per heavy atom. The number of benzene rings is 1. The zero-order chi connectivity index (χ0) is 19.2. The highest BCUT2D eigenvalue weighted by molar-refractivity contribution is 6.02. The highest BCUT2D eigenvalue weighted by Gasteiger charge is 2.30. The van der Waals surface area contributed by atoms with Gasteiger partial charge in [-0.3, -0.25) is 24.2 Å². The molecule has 1 saturated heterocycles. The van der Waals surface area contributed by atoms with Crippen LogP contribution < -0.4 is 15.0 Å². The largest absolute Gasteiger partial charge is 0.482 e. The van der Waals surface area contributed by atoms with E-state index in [9.17, 15) is 14.4 Å². The van der Waals surface area contributed by atoms with Crippen molar-refractivity contribution in [3.63, 3.8) is 0 Å². The Morgan fingerprint density at radius 3 is 2.59 bits per heavy atom. The molecule has 0 aromatic heterocycles. The van der Waals surface area contributed by atoms with E-state index in [1.165, 1.54) is 4.90 Å². The van der Waals surface area contributed by atoms with Crippen LogP contribution in [0.2, 0.25) is 0 Å². The van der Waals surface area contributed by atoms with Gasteiger partial charge in [0.2, 0.25) is 11.8 Å². The number of nitrogens with zero attached hydrogens (tertiary/aromatic N) is 3. The number of fused-ring (bicyclic) bond motifs is 1. The Bertz CT molecular complexity index is 701. The fourth-order valence-corrected chi connectivity index (χ4v) is 3.24. The number of hydrogen-bond acceptors (Lipinski definition) is 5. The lowest BCUT2D eigenvalue weighted by Crippen LogP contribution is -2.54. The second kappa shape index (κ2) is 8.85. The molecule has 0 bridgehead atoms. The van der Waals surface area contributed by atoms with Gasteiger partial charge >= 0.3 is 0 Å². The highest BCUT2D eigenvalue weighted by Crippen LogP contribution is 2.31. The summed E-state index contributed by atoms with van der Waals surface area (Å²) in [6.07, 6.45) is 0.914. The smallest absolute Gasteiger partial charge is 0.265 e. The van der Waals surface area contributed by atoms with E-state index in [1.54, 1.807) is 17.0 Å². The number of carbonyl (C=O) groups excluding carboxylic acids is 3. The van der Waals surface area contributed by atoms with Crippen molar-refractivity contribution in [2.45, 2.75) is 13.3 Å². The van der Waals surface area contributed by atoms with E-state index in [1.807, 2.05) is 24.0 Å². The number of hydrogen-bond donors (Lipinski definition) is 1. The average Bonchev–Trinajstić information content (AvgIpc) is 2.69. The van der Waals surface area contributed by atoms with Gasteiger partial charge in [-0.05, 0) is 18.6 Å². The van der Waals surface area contributed by atoms with Gasteiger partial charge in [-0.1, -0.05) is 19.1 Å². The highest BCUT2D eigenvalue weighted by atomic mass is 16.5. The molecule has 0 aliphatic carbocycles. The second-order valence-electron chi connectivity index (χ2n) is 6.74. The molecule has 146 valence electrons. The molecule has 3 amide bonds. The van der Waals surface area contributed by atoms with Gasteiger partial charge in [0.1, 0.15) is 12.3 Å². The molecule has 1 aromatic rings. The first kappa shape index (κ1) is 19.2. The van der Waals surface area contributed by atoms with E-state index in [0.29, 0.717) is 50.7 Å². The zero-order valence-electron chi connectivity index (χ0n) is 15.6. The first-order chi connectivity index (χ1) is 13.1. The van der Waals surface area contributed by atoms with Crippen molar-refractivity contribution < 1.29 is 19.1 Å². The van der Waals surface area contributed by atoms with Crippen LogP contribution >= 0.6 is 0 Å². The first-order valence-electron chi connectivity index (χ1n) is 9.37. The molecule has 1 aromatic carbocycles. The fraction of sp³-hybridized carbons (Fsp3) is 0.526. The lowest BCUT2D eigenvalue weighted by molar-refractivity contribution is -0.133. The van der Waals surface area contributed by atoms with E-state index in [0.717, 1.165) is 6.42 Å². The van der Waals surface area contributed by atoms with Gasteiger partial charge < -0.3 is 15.0 Å². The van der Waals surface area contributed by atoms with E-state index in [-0.39, 0.29) is 30.9 Å².